The van der Waals surface area contributed by atoms with Crippen LogP contribution in [-0.2, 0) is 0 Å². The number of aromatic nitrogens is 2. The summed E-state index contributed by atoms with van der Waals surface area (Å²) in [5.74, 6) is 0.644. The van der Waals surface area contributed by atoms with Gasteiger partial charge in [-0.25, -0.2) is 4.68 Å². The Hall–Kier alpha value is -1.63. The minimum atomic E-state index is -0.316. The summed E-state index contributed by atoms with van der Waals surface area (Å²) < 4.78 is 1.77. The van der Waals surface area contributed by atoms with Crippen LogP contribution in [-0.4, -0.2) is 40.4 Å². The van der Waals surface area contributed by atoms with Gasteiger partial charge in [0.15, 0.2) is 0 Å². The average Bonchev–Trinajstić information content (AvgIpc) is 2.67. The molecule has 106 valence electrons. The zero-order valence-corrected chi connectivity index (χ0v) is 11.9. The fourth-order valence-corrected chi connectivity index (χ4v) is 2.52. The molecule has 0 aromatic carbocycles. The Morgan fingerprint density at radius 2 is 2.21 bits per heavy atom. The molecule has 0 amide bonds. The van der Waals surface area contributed by atoms with Crippen molar-refractivity contribution in [3.63, 3.8) is 0 Å². The van der Waals surface area contributed by atoms with Gasteiger partial charge in [-0.2, -0.15) is 5.10 Å². The van der Waals surface area contributed by atoms with E-state index in [1.54, 1.807) is 11.6 Å². The maximum atomic E-state index is 11.3. The summed E-state index contributed by atoms with van der Waals surface area (Å²) in [7, 11) is 0. The van der Waals surface area contributed by atoms with Crippen LogP contribution < -0.4 is 10.2 Å². The molecule has 7 nitrogen and oxygen atoms in total. The maximum Gasteiger partial charge on any atom is 0.333 e. The number of rotatable bonds is 3. The zero-order valence-electron chi connectivity index (χ0n) is 11.9. The van der Waals surface area contributed by atoms with E-state index in [1.807, 2.05) is 13.8 Å². The molecule has 1 fully saturated rings. The molecular weight excluding hydrogens is 246 g/mol. The lowest BCUT2D eigenvalue weighted by Crippen LogP contribution is -2.50. The topological polar surface area (TPSA) is 76.2 Å². The third kappa shape index (κ3) is 2.56. The van der Waals surface area contributed by atoms with Crippen LogP contribution in [0.3, 0.4) is 0 Å². The van der Waals surface area contributed by atoms with E-state index in [9.17, 15) is 10.1 Å². The summed E-state index contributed by atoms with van der Waals surface area (Å²) in [6, 6.07) is 0.428. The molecule has 0 spiro atoms. The zero-order chi connectivity index (χ0) is 14.2. The van der Waals surface area contributed by atoms with Crippen molar-refractivity contribution in [1.29, 1.82) is 0 Å². The van der Waals surface area contributed by atoms with Gasteiger partial charge in [-0.1, -0.05) is 0 Å². The monoisotopic (exact) mass is 267 g/mol. The lowest BCUT2D eigenvalue weighted by Gasteiger charge is -2.33. The normalized spacial score (nSPS) is 20.1. The second-order valence-electron chi connectivity index (χ2n) is 5.35. The van der Waals surface area contributed by atoms with E-state index < -0.39 is 0 Å². The number of hydrogen-bond acceptors (Lipinski definition) is 5. The van der Waals surface area contributed by atoms with Crippen molar-refractivity contribution in [3.05, 3.63) is 15.8 Å². The minimum Gasteiger partial charge on any atom is -0.348 e. The molecule has 1 aliphatic rings. The smallest absolute Gasteiger partial charge is 0.333 e. The molecule has 0 aliphatic carbocycles. The molecule has 19 heavy (non-hydrogen) atoms. The molecule has 1 saturated heterocycles. The van der Waals surface area contributed by atoms with Crippen LogP contribution in [0.2, 0.25) is 0 Å². The Bertz CT molecular complexity index is 483. The van der Waals surface area contributed by atoms with Crippen LogP contribution >= 0.6 is 0 Å². The van der Waals surface area contributed by atoms with Gasteiger partial charge >= 0.3 is 5.69 Å². The van der Waals surface area contributed by atoms with Gasteiger partial charge < -0.3 is 10.2 Å². The Balaban J connectivity index is 2.49. The second-order valence-corrected chi connectivity index (χ2v) is 5.35. The van der Waals surface area contributed by atoms with Crippen LogP contribution in [0.1, 0.15) is 32.5 Å². The van der Waals surface area contributed by atoms with Crippen molar-refractivity contribution < 1.29 is 4.92 Å². The van der Waals surface area contributed by atoms with Crippen LogP contribution in [0.4, 0.5) is 11.5 Å². The number of piperazine rings is 1. The number of nitrogens with one attached hydrogen (secondary N) is 1. The van der Waals surface area contributed by atoms with E-state index in [1.165, 1.54) is 0 Å². The molecule has 1 aromatic heterocycles. The van der Waals surface area contributed by atoms with Crippen LogP contribution in [0.5, 0.6) is 0 Å². The first-order chi connectivity index (χ1) is 8.91. The van der Waals surface area contributed by atoms with Crippen molar-refractivity contribution in [1.82, 2.24) is 15.1 Å². The first-order valence-corrected chi connectivity index (χ1v) is 6.63. The fraction of sp³-hybridized carbons (Fsp3) is 0.750. The molecule has 0 radical (unpaired) electrons. The summed E-state index contributed by atoms with van der Waals surface area (Å²) in [6.07, 6.45) is 0. The van der Waals surface area contributed by atoms with Gasteiger partial charge in [0.25, 0.3) is 0 Å². The number of hydrogen-bond donors (Lipinski definition) is 1. The number of nitrogens with zero attached hydrogens (tertiary/aromatic N) is 4. The Kier molecular flexibility index (Phi) is 3.75. The van der Waals surface area contributed by atoms with E-state index >= 15 is 0 Å². The third-order valence-corrected chi connectivity index (χ3v) is 3.37. The van der Waals surface area contributed by atoms with E-state index in [-0.39, 0.29) is 16.7 Å². The molecule has 0 unspecified atom stereocenters. The summed E-state index contributed by atoms with van der Waals surface area (Å²) >= 11 is 0. The fourth-order valence-electron chi connectivity index (χ4n) is 2.52. The van der Waals surface area contributed by atoms with E-state index in [0.29, 0.717) is 17.6 Å². The van der Waals surface area contributed by atoms with Crippen LogP contribution in [0, 0.1) is 17.0 Å². The molecule has 1 atom stereocenters. The van der Waals surface area contributed by atoms with Crippen LogP contribution in [0.15, 0.2) is 0 Å². The summed E-state index contributed by atoms with van der Waals surface area (Å²) in [6.45, 7) is 10.1. The Morgan fingerprint density at radius 1 is 1.53 bits per heavy atom. The van der Waals surface area contributed by atoms with Crippen LogP contribution in [0.25, 0.3) is 0 Å². The minimum absolute atomic E-state index is 0.104. The maximum absolute atomic E-state index is 11.3. The molecule has 1 aliphatic heterocycles. The summed E-state index contributed by atoms with van der Waals surface area (Å²) in [4.78, 5) is 13.1. The van der Waals surface area contributed by atoms with Gasteiger partial charge in [0.05, 0.1) is 4.92 Å². The lowest BCUT2D eigenvalue weighted by atomic mass is 10.2. The van der Waals surface area contributed by atoms with Gasteiger partial charge in [-0.05, 0) is 27.7 Å². The standard InChI is InChI=1S/C12H21N5O2/c1-8(2)16-12(11(17(18)19)10(4)14-16)15-6-5-13-9(3)7-15/h8-9,13H,5-7H2,1-4H3/t9-/m0/s1. The molecule has 2 rings (SSSR count). The first-order valence-electron chi connectivity index (χ1n) is 6.63. The van der Waals surface area contributed by atoms with Crippen molar-refractivity contribution in [3.8, 4) is 0 Å². The first kappa shape index (κ1) is 13.8. The summed E-state index contributed by atoms with van der Waals surface area (Å²) in [5.41, 5.74) is 0.627. The second kappa shape index (κ2) is 5.16. The third-order valence-electron chi connectivity index (χ3n) is 3.37. The number of anilines is 1. The van der Waals surface area contributed by atoms with Gasteiger partial charge in [0.1, 0.15) is 5.69 Å². The molecule has 1 N–H and O–H groups in total. The van der Waals surface area contributed by atoms with E-state index in [4.69, 9.17) is 0 Å². The lowest BCUT2D eigenvalue weighted by molar-refractivity contribution is -0.384. The van der Waals surface area contributed by atoms with E-state index in [0.717, 1.165) is 19.6 Å². The average molecular weight is 267 g/mol. The Labute approximate surface area is 112 Å². The SMILES string of the molecule is Cc1nn(C(C)C)c(N2CCN[C@@H](C)C2)c1[N+](=O)[O-]. The van der Waals surface area contributed by atoms with Gasteiger partial charge in [0.2, 0.25) is 5.82 Å². The molecule has 0 bridgehead atoms. The van der Waals surface area contributed by atoms with Crippen molar-refractivity contribution in [2.75, 3.05) is 24.5 Å². The highest BCUT2D eigenvalue weighted by Crippen LogP contribution is 2.34. The van der Waals surface area contributed by atoms with Gasteiger partial charge in [0, 0.05) is 31.7 Å². The molecule has 1 aromatic rings. The number of aryl methyl sites for hydroxylation is 1. The predicted molar refractivity (Wildman–Crippen MR) is 73.7 cm³/mol. The van der Waals surface area contributed by atoms with Crippen molar-refractivity contribution in [2.24, 2.45) is 0 Å². The predicted octanol–water partition coefficient (Wildman–Crippen LogP) is 1.48. The summed E-state index contributed by atoms with van der Waals surface area (Å²) in [5, 5.41) is 19.0. The quantitative estimate of drug-likeness (QED) is 0.663. The Morgan fingerprint density at radius 3 is 2.74 bits per heavy atom. The molecule has 0 saturated carbocycles. The highest BCUT2D eigenvalue weighted by Gasteiger charge is 2.32. The van der Waals surface area contributed by atoms with Crippen molar-refractivity contribution in [2.45, 2.75) is 39.8 Å². The van der Waals surface area contributed by atoms with Gasteiger partial charge in [-0.15, -0.1) is 0 Å². The molecule has 2 heterocycles. The van der Waals surface area contributed by atoms with Crippen molar-refractivity contribution >= 4 is 11.5 Å². The van der Waals surface area contributed by atoms with Gasteiger partial charge in [-0.3, -0.25) is 10.1 Å². The highest BCUT2D eigenvalue weighted by atomic mass is 16.6. The molecule has 7 heteroatoms. The highest BCUT2D eigenvalue weighted by molar-refractivity contribution is 5.62. The van der Waals surface area contributed by atoms with E-state index in [2.05, 4.69) is 22.2 Å². The number of nitro groups is 1. The molecular formula is C12H21N5O2. The largest absolute Gasteiger partial charge is 0.348 e.